The van der Waals surface area contributed by atoms with Crippen molar-refractivity contribution in [3.8, 4) is 22.6 Å². The van der Waals surface area contributed by atoms with Gasteiger partial charge in [0.2, 0.25) is 0 Å². The highest BCUT2D eigenvalue weighted by Crippen LogP contribution is 2.35. The highest BCUT2D eigenvalue weighted by atomic mass is 16.6. The summed E-state index contributed by atoms with van der Waals surface area (Å²) < 4.78 is 20.2. The summed E-state index contributed by atoms with van der Waals surface area (Å²) in [6.45, 7) is 0. The largest absolute Gasteiger partial charge is 0.495 e. The first-order valence-electron chi connectivity index (χ1n) is 13.0. The molecular weight excluding hydrogens is 572 g/mol. The molecule has 12 nitrogen and oxygen atoms in total. The molecule has 0 unspecified atom stereocenters. The van der Waals surface area contributed by atoms with Crippen LogP contribution in [0.15, 0.2) is 72.8 Å². The number of cyclic esters (lactones) is 4. The van der Waals surface area contributed by atoms with Gasteiger partial charge in [0, 0.05) is 11.1 Å². The summed E-state index contributed by atoms with van der Waals surface area (Å²) in [6.07, 6.45) is 0. The quantitative estimate of drug-likeness (QED) is 0.231. The first-order chi connectivity index (χ1) is 21.2. The van der Waals surface area contributed by atoms with E-state index in [0.29, 0.717) is 34.0 Å². The SMILES string of the molecule is COc1cc(-c2ccc(NC(=O)c3ccc4c(c3)C(=O)OC4=O)c(OC)c2)ccc1NC(=O)c1ccc2c(c1)C(=O)OC2=O. The predicted molar refractivity (Wildman–Crippen MR) is 153 cm³/mol. The van der Waals surface area contributed by atoms with Crippen LogP contribution < -0.4 is 20.1 Å². The first kappa shape index (κ1) is 27.8. The molecule has 2 N–H and O–H groups in total. The van der Waals surface area contributed by atoms with Gasteiger partial charge in [-0.25, -0.2) is 19.2 Å². The molecule has 2 aliphatic rings. The molecule has 2 amide bonds. The summed E-state index contributed by atoms with van der Waals surface area (Å²) >= 11 is 0. The number of anilines is 2. The van der Waals surface area contributed by atoms with Crippen molar-refractivity contribution in [3.05, 3.63) is 106 Å². The third-order valence-electron chi connectivity index (χ3n) is 7.05. The number of fused-ring (bicyclic) bond motifs is 2. The van der Waals surface area contributed by atoms with Crippen molar-refractivity contribution in [2.45, 2.75) is 0 Å². The highest BCUT2D eigenvalue weighted by molar-refractivity contribution is 6.17. The Labute approximate surface area is 248 Å². The number of rotatable bonds is 7. The van der Waals surface area contributed by atoms with Gasteiger partial charge in [-0.15, -0.1) is 0 Å². The molecule has 218 valence electrons. The van der Waals surface area contributed by atoms with Crippen LogP contribution in [0.3, 0.4) is 0 Å². The summed E-state index contributed by atoms with van der Waals surface area (Å²) in [7, 11) is 2.89. The third kappa shape index (κ3) is 4.90. The zero-order valence-corrected chi connectivity index (χ0v) is 23.0. The molecule has 2 aliphatic heterocycles. The average molecular weight is 593 g/mol. The molecule has 0 radical (unpaired) electrons. The van der Waals surface area contributed by atoms with Gasteiger partial charge in [-0.1, -0.05) is 12.1 Å². The van der Waals surface area contributed by atoms with E-state index in [1.54, 1.807) is 36.4 Å². The Morgan fingerprint density at radius 1 is 0.523 bits per heavy atom. The zero-order valence-electron chi connectivity index (χ0n) is 23.0. The molecular formula is C32H20N2O10. The van der Waals surface area contributed by atoms with Crippen LogP contribution in [0.25, 0.3) is 11.1 Å². The van der Waals surface area contributed by atoms with Crippen LogP contribution in [0.5, 0.6) is 11.5 Å². The molecule has 2 heterocycles. The van der Waals surface area contributed by atoms with Gasteiger partial charge in [0.15, 0.2) is 0 Å². The molecule has 6 rings (SSSR count). The molecule has 0 bridgehead atoms. The Hall–Kier alpha value is -6.30. The second kappa shape index (κ2) is 10.8. The molecule has 4 aromatic carbocycles. The molecule has 0 aliphatic carbocycles. The van der Waals surface area contributed by atoms with Gasteiger partial charge in [0.25, 0.3) is 11.8 Å². The van der Waals surface area contributed by atoms with E-state index in [1.165, 1.54) is 50.6 Å². The molecule has 0 fully saturated rings. The number of amides is 2. The van der Waals surface area contributed by atoms with Crippen molar-refractivity contribution < 1.29 is 47.7 Å². The second-order valence-corrected chi connectivity index (χ2v) is 9.61. The van der Waals surface area contributed by atoms with Gasteiger partial charge in [-0.2, -0.15) is 0 Å². The minimum absolute atomic E-state index is 0.0204. The summed E-state index contributed by atoms with van der Waals surface area (Å²) in [5.74, 6) is -3.50. The Morgan fingerprint density at radius 2 is 0.909 bits per heavy atom. The van der Waals surface area contributed by atoms with E-state index in [1.807, 2.05) is 0 Å². The monoisotopic (exact) mass is 592 g/mol. The van der Waals surface area contributed by atoms with Crippen molar-refractivity contribution in [3.63, 3.8) is 0 Å². The van der Waals surface area contributed by atoms with E-state index in [0.717, 1.165) is 0 Å². The molecule has 12 heteroatoms. The lowest BCUT2D eigenvalue weighted by molar-refractivity contribution is 0.0425. The molecule has 0 spiro atoms. The molecule has 0 saturated carbocycles. The lowest BCUT2D eigenvalue weighted by Crippen LogP contribution is -2.13. The number of ether oxygens (including phenoxy) is 4. The lowest BCUT2D eigenvalue weighted by Gasteiger charge is -2.15. The van der Waals surface area contributed by atoms with E-state index in [4.69, 9.17) is 9.47 Å². The summed E-state index contributed by atoms with van der Waals surface area (Å²) in [5.41, 5.74) is 2.66. The van der Waals surface area contributed by atoms with Gasteiger partial charge in [-0.3, -0.25) is 9.59 Å². The fraction of sp³-hybridized carbons (Fsp3) is 0.0625. The molecule has 0 saturated heterocycles. The molecule has 44 heavy (non-hydrogen) atoms. The number of methoxy groups -OCH3 is 2. The topological polar surface area (TPSA) is 163 Å². The third-order valence-corrected chi connectivity index (χ3v) is 7.05. The number of hydrogen-bond donors (Lipinski definition) is 2. The van der Waals surface area contributed by atoms with Crippen LogP contribution in [0.4, 0.5) is 11.4 Å². The summed E-state index contributed by atoms with van der Waals surface area (Å²) in [5, 5.41) is 5.48. The standard InChI is InChI=1S/C32H20N2O10/c1-41-25-13-15(5-9-23(25)33-27(35)17-3-7-19-21(11-17)31(39)43-29(19)37)16-6-10-24(26(14-16)42-2)34-28(36)18-4-8-20-22(12-18)32(40)44-30(20)38/h3-14H,1-2H3,(H,33,35)(H,34,36). The highest BCUT2D eigenvalue weighted by Gasteiger charge is 2.31. The van der Waals surface area contributed by atoms with Crippen molar-refractivity contribution in [1.82, 2.24) is 0 Å². The fourth-order valence-corrected chi connectivity index (χ4v) is 4.79. The maximum atomic E-state index is 12.9. The average Bonchev–Trinajstić information content (AvgIpc) is 3.49. The van der Waals surface area contributed by atoms with Gasteiger partial charge in [0.05, 0.1) is 47.8 Å². The van der Waals surface area contributed by atoms with Crippen LogP contribution in [-0.4, -0.2) is 49.9 Å². The van der Waals surface area contributed by atoms with Gasteiger partial charge >= 0.3 is 23.9 Å². The maximum Gasteiger partial charge on any atom is 0.346 e. The second-order valence-electron chi connectivity index (χ2n) is 9.61. The molecule has 0 aromatic heterocycles. The Bertz CT molecular complexity index is 1820. The van der Waals surface area contributed by atoms with Crippen molar-refractivity contribution in [2.24, 2.45) is 0 Å². The Morgan fingerprint density at radius 3 is 1.30 bits per heavy atom. The number of hydrogen-bond acceptors (Lipinski definition) is 10. The van der Waals surface area contributed by atoms with Crippen LogP contribution in [0.2, 0.25) is 0 Å². The molecule has 4 aromatic rings. The minimum atomic E-state index is -0.810. The predicted octanol–water partition coefficient (Wildman–Crippen LogP) is 4.50. The Balaban J connectivity index is 1.20. The normalized spacial score (nSPS) is 13.0. The minimum Gasteiger partial charge on any atom is -0.495 e. The number of carbonyl (C=O) groups excluding carboxylic acids is 6. The number of esters is 4. The van der Waals surface area contributed by atoms with Gasteiger partial charge < -0.3 is 29.6 Å². The van der Waals surface area contributed by atoms with Crippen LogP contribution >= 0.6 is 0 Å². The molecule has 0 atom stereocenters. The number of nitrogens with one attached hydrogen (secondary N) is 2. The summed E-state index contributed by atoms with van der Waals surface area (Å²) in [6, 6.07) is 18.3. The van der Waals surface area contributed by atoms with E-state index in [-0.39, 0.29) is 33.4 Å². The fourth-order valence-electron chi connectivity index (χ4n) is 4.79. The smallest absolute Gasteiger partial charge is 0.346 e. The van der Waals surface area contributed by atoms with E-state index in [9.17, 15) is 28.8 Å². The summed E-state index contributed by atoms with van der Waals surface area (Å²) in [4.78, 5) is 73.0. The maximum absolute atomic E-state index is 12.9. The number of carbonyl (C=O) groups is 6. The van der Waals surface area contributed by atoms with Crippen molar-refractivity contribution >= 4 is 47.1 Å². The van der Waals surface area contributed by atoms with Crippen LogP contribution in [0.1, 0.15) is 62.1 Å². The van der Waals surface area contributed by atoms with E-state index < -0.39 is 35.7 Å². The van der Waals surface area contributed by atoms with Crippen molar-refractivity contribution in [1.29, 1.82) is 0 Å². The van der Waals surface area contributed by atoms with Crippen LogP contribution in [0, 0.1) is 0 Å². The van der Waals surface area contributed by atoms with E-state index >= 15 is 0 Å². The van der Waals surface area contributed by atoms with E-state index in [2.05, 4.69) is 20.1 Å². The van der Waals surface area contributed by atoms with Crippen molar-refractivity contribution in [2.75, 3.05) is 24.9 Å². The van der Waals surface area contributed by atoms with Gasteiger partial charge in [0.1, 0.15) is 11.5 Å². The lowest BCUT2D eigenvalue weighted by atomic mass is 10.0. The van der Waals surface area contributed by atoms with Crippen LogP contribution in [-0.2, 0) is 9.47 Å². The van der Waals surface area contributed by atoms with Gasteiger partial charge in [-0.05, 0) is 71.8 Å². The number of benzene rings is 4. The zero-order chi connectivity index (χ0) is 31.1. The first-order valence-corrected chi connectivity index (χ1v) is 13.0. The Kier molecular flexibility index (Phi) is 6.86.